The van der Waals surface area contributed by atoms with Gasteiger partial charge in [0, 0.05) is 32.6 Å². The van der Waals surface area contributed by atoms with Crippen LogP contribution in [0.4, 0.5) is 10.7 Å². The lowest BCUT2D eigenvalue weighted by Crippen LogP contribution is -2.46. The SMILES string of the molecule is CCCN1CCN(c2sc(C(=O)CC)c(N)c2SC)CC1. The smallest absolute Gasteiger partial charge is 0.174 e. The summed E-state index contributed by atoms with van der Waals surface area (Å²) in [6, 6.07) is 0. The standard InChI is InChI=1S/C15H25N3OS2/c1-4-6-17-7-9-18(10-8-17)15-14(20-3)12(16)13(21-15)11(19)5-2/h4-10,16H2,1-3H3. The number of carbonyl (C=O) groups excluding carboxylic acids is 1. The molecule has 0 radical (unpaired) electrons. The van der Waals surface area contributed by atoms with Gasteiger partial charge in [-0.2, -0.15) is 0 Å². The molecule has 2 heterocycles. The molecular formula is C15H25N3OS2. The zero-order valence-electron chi connectivity index (χ0n) is 13.1. The lowest BCUT2D eigenvalue weighted by molar-refractivity contribution is 0.0992. The molecule has 2 rings (SSSR count). The zero-order chi connectivity index (χ0) is 15.4. The molecule has 0 atom stereocenters. The molecule has 21 heavy (non-hydrogen) atoms. The Bertz CT molecular complexity index is 493. The Morgan fingerprint density at radius 3 is 2.48 bits per heavy atom. The maximum absolute atomic E-state index is 12.0. The van der Waals surface area contributed by atoms with Gasteiger partial charge in [0.15, 0.2) is 5.78 Å². The molecule has 0 bridgehead atoms. The van der Waals surface area contributed by atoms with Crippen molar-refractivity contribution in [2.75, 3.05) is 49.6 Å². The van der Waals surface area contributed by atoms with Gasteiger partial charge in [0.05, 0.1) is 15.5 Å². The van der Waals surface area contributed by atoms with Crippen LogP contribution in [0.25, 0.3) is 0 Å². The predicted molar refractivity (Wildman–Crippen MR) is 94.1 cm³/mol. The van der Waals surface area contributed by atoms with E-state index in [0.29, 0.717) is 12.1 Å². The van der Waals surface area contributed by atoms with Crippen LogP contribution in [-0.4, -0.2) is 49.7 Å². The van der Waals surface area contributed by atoms with Gasteiger partial charge >= 0.3 is 0 Å². The quantitative estimate of drug-likeness (QED) is 0.642. The third kappa shape index (κ3) is 3.55. The first kappa shape index (κ1) is 16.6. The molecule has 118 valence electrons. The third-order valence-electron chi connectivity index (χ3n) is 3.86. The number of nitrogen functional groups attached to an aromatic ring is 1. The summed E-state index contributed by atoms with van der Waals surface area (Å²) in [5.74, 6) is 0.156. The van der Waals surface area contributed by atoms with Gasteiger partial charge in [-0.05, 0) is 19.2 Å². The monoisotopic (exact) mass is 327 g/mol. The number of rotatable bonds is 6. The van der Waals surface area contributed by atoms with Crippen molar-refractivity contribution in [2.45, 2.75) is 31.6 Å². The minimum absolute atomic E-state index is 0.156. The van der Waals surface area contributed by atoms with Gasteiger partial charge in [-0.3, -0.25) is 9.69 Å². The Labute approximate surface area is 135 Å². The van der Waals surface area contributed by atoms with Crippen LogP contribution < -0.4 is 10.6 Å². The van der Waals surface area contributed by atoms with Crippen molar-refractivity contribution in [2.24, 2.45) is 0 Å². The van der Waals surface area contributed by atoms with E-state index in [1.807, 2.05) is 13.2 Å². The van der Waals surface area contributed by atoms with Crippen LogP contribution in [0, 0.1) is 0 Å². The summed E-state index contributed by atoms with van der Waals surface area (Å²) in [7, 11) is 0. The fraction of sp³-hybridized carbons (Fsp3) is 0.667. The van der Waals surface area contributed by atoms with Gasteiger partial charge < -0.3 is 10.6 Å². The number of thiophene rings is 1. The second kappa shape index (κ2) is 7.51. The molecular weight excluding hydrogens is 302 g/mol. The van der Waals surface area contributed by atoms with Crippen LogP contribution in [0.3, 0.4) is 0 Å². The Hall–Kier alpha value is -0.720. The first-order valence-electron chi connectivity index (χ1n) is 7.59. The number of anilines is 2. The van der Waals surface area contributed by atoms with Crippen LogP contribution in [0.1, 0.15) is 36.4 Å². The van der Waals surface area contributed by atoms with E-state index in [-0.39, 0.29) is 5.78 Å². The summed E-state index contributed by atoms with van der Waals surface area (Å²) < 4.78 is 0. The number of hydrogen-bond donors (Lipinski definition) is 1. The summed E-state index contributed by atoms with van der Waals surface area (Å²) in [6.45, 7) is 9.52. The lowest BCUT2D eigenvalue weighted by Gasteiger charge is -2.35. The molecule has 1 aromatic heterocycles. The Kier molecular flexibility index (Phi) is 5.96. The molecule has 1 fully saturated rings. The van der Waals surface area contributed by atoms with Gasteiger partial charge in [0.25, 0.3) is 0 Å². The lowest BCUT2D eigenvalue weighted by atomic mass is 10.2. The fourth-order valence-corrected chi connectivity index (χ4v) is 4.92. The number of ketones is 1. The minimum atomic E-state index is 0.156. The molecule has 2 N–H and O–H groups in total. The number of nitrogens with zero attached hydrogens (tertiary/aromatic N) is 2. The first-order chi connectivity index (χ1) is 10.1. The van der Waals surface area contributed by atoms with Crippen molar-refractivity contribution >= 4 is 39.6 Å². The maximum atomic E-state index is 12.0. The molecule has 1 saturated heterocycles. The van der Waals surface area contributed by atoms with Crippen LogP contribution >= 0.6 is 23.1 Å². The predicted octanol–water partition coefficient (Wildman–Crippen LogP) is 3.18. The molecule has 0 amide bonds. The molecule has 0 saturated carbocycles. The number of piperazine rings is 1. The van der Waals surface area contributed by atoms with Gasteiger partial charge in [-0.15, -0.1) is 23.1 Å². The highest BCUT2D eigenvalue weighted by Crippen LogP contribution is 2.44. The average Bonchev–Trinajstić information content (AvgIpc) is 2.84. The number of nitrogens with two attached hydrogens (primary N) is 1. The molecule has 1 aliphatic heterocycles. The molecule has 0 spiro atoms. The second-order valence-corrected chi connectivity index (χ2v) is 7.10. The van der Waals surface area contributed by atoms with Crippen molar-refractivity contribution in [3.05, 3.63) is 4.88 Å². The molecule has 0 unspecified atom stereocenters. The largest absolute Gasteiger partial charge is 0.396 e. The normalized spacial score (nSPS) is 16.4. The molecule has 1 aliphatic rings. The van der Waals surface area contributed by atoms with Crippen molar-refractivity contribution in [3.8, 4) is 0 Å². The number of thioether (sulfide) groups is 1. The van der Waals surface area contributed by atoms with Crippen LogP contribution in [0.2, 0.25) is 0 Å². The van der Waals surface area contributed by atoms with E-state index in [0.717, 1.165) is 36.0 Å². The van der Waals surface area contributed by atoms with Gasteiger partial charge in [-0.25, -0.2) is 0 Å². The van der Waals surface area contributed by atoms with E-state index in [9.17, 15) is 4.79 Å². The third-order valence-corrected chi connectivity index (χ3v) is 6.12. The zero-order valence-corrected chi connectivity index (χ0v) is 14.8. The van der Waals surface area contributed by atoms with Gasteiger partial charge in [0.1, 0.15) is 5.00 Å². The molecule has 1 aromatic rings. The first-order valence-corrected chi connectivity index (χ1v) is 9.63. The van der Waals surface area contributed by atoms with Crippen molar-refractivity contribution < 1.29 is 4.79 Å². The average molecular weight is 328 g/mol. The Morgan fingerprint density at radius 1 is 1.29 bits per heavy atom. The summed E-state index contributed by atoms with van der Waals surface area (Å²) >= 11 is 3.23. The molecule has 0 aromatic carbocycles. The van der Waals surface area contributed by atoms with Gasteiger partial charge in [0.2, 0.25) is 0 Å². The summed E-state index contributed by atoms with van der Waals surface area (Å²) in [6.07, 6.45) is 3.76. The molecule has 4 nitrogen and oxygen atoms in total. The van der Waals surface area contributed by atoms with E-state index in [4.69, 9.17) is 5.73 Å². The van der Waals surface area contributed by atoms with Crippen LogP contribution in [0.15, 0.2) is 4.90 Å². The fourth-order valence-electron chi connectivity index (χ4n) is 2.68. The number of carbonyl (C=O) groups is 1. The Balaban J connectivity index is 2.18. The summed E-state index contributed by atoms with van der Waals surface area (Å²) in [5.41, 5.74) is 6.89. The molecule has 6 heteroatoms. The van der Waals surface area contributed by atoms with Crippen molar-refractivity contribution in [1.82, 2.24) is 4.90 Å². The minimum Gasteiger partial charge on any atom is -0.396 e. The summed E-state index contributed by atoms with van der Waals surface area (Å²) in [5, 5.41) is 1.19. The second-order valence-electron chi connectivity index (χ2n) is 5.29. The summed E-state index contributed by atoms with van der Waals surface area (Å²) in [4.78, 5) is 18.8. The van der Waals surface area contributed by atoms with E-state index < -0.39 is 0 Å². The van der Waals surface area contributed by atoms with E-state index in [2.05, 4.69) is 16.7 Å². The van der Waals surface area contributed by atoms with Crippen LogP contribution in [-0.2, 0) is 0 Å². The van der Waals surface area contributed by atoms with Crippen molar-refractivity contribution in [3.63, 3.8) is 0 Å². The molecule has 0 aliphatic carbocycles. The Morgan fingerprint density at radius 2 is 1.95 bits per heavy atom. The van der Waals surface area contributed by atoms with Crippen LogP contribution in [0.5, 0.6) is 0 Å². The van der Waals surface area contributed by atoms with E-state index in [1.54, 1.807) is 23.1 Å². The maximum Gasteiger partial charge on any atom is 0.174 e. The topological polar surface area (TPSA) is 49.6 Å². The van der Waals surface area contributed by atoms with Crippen molar-refractivity contribution in [1.29, 1.82) is 0 Å². The van der Waals surface area contributed by atoms with E-state index in [1.165, 1.54) is 18.0 Å². The highest BCUT2D eigenvalue weighted by atomic mass is 32.2. The highest BCUT2D eigenvalue weighted by Gasteiger charge is 2.25. The number of Topliss-reactive ketones (excluding diaryl/α,β-unsaturated/α-hetero) is 1. The van der Waals surface area contributed by atoms with Gasteiger partial charge in [-0.1, -0.05) is 13.8 Å². The van der Waals surface area contributed by atoms with E-state index >= 15 is 0 Å². The number of hydrogen-bond acceptors (Lipinski definition) is 6. The highest BCUT2D eigenvalue weighted by molar-refractivity contribution is 7.99.